The number of amides is 1. The van der Waals surface area contributed by atoms with Gasteiger partial charge in [-0.15, -0.1) is 0 Å². The number of nitrogen functional groups attached to an aromatic ring is 2. The van der Waals surface area contributed by atoms with E-state index in [4.69, 9.17) is 33.2 Å². The Labute approximate surface area is 178 Å². The number of nitrogens with zero attached hydrogens (tertiary/aromatic N) is 1. The van der Waals surface area contributed by atoms with Crippen LogP contribution in [0.15, 0.2) is 35.3 Å². The molecular formula is C21H21N5O3S. The topological polar surface area (TPSA) is 128 Å². The lowest BCUT2D eigenvalue weighted by Crippen LogP contribution is -2.26. The van der Waals surface area contributed by atoms with Gasteiger partial charge < -0.3 is 25.9 Å². The average molecular weight is 423 g/mol. The van der Waals surface area contributed by atoms with Gasteiger partial charge in [-0.25, -0.2) is 4.99 Å². The van der Waals surface area contributed by atoms with Crippen molar-refractivity contribution in [3.05, 3.63) is 47.2 Å². The Bertz CT molecular complexity index is 1220. The van der Waals surface area contributed by atoms with E-state index < -0.39 is 0 Å². The first-order valence-corrected chi connectivity index (χ1v) is 9.72. The predicted molar refractivity (Wildman–Crippen MR) is 121 cm³/mol. The van der Waals surface area contributed by atoms with Crippen molar-refractivity contribution in [2.24, 2.45) is 4.99 Å². The molecule has 3 aromatic rings. The number of carbonyl (C=O) groups is 1. The van der Waals surface area contributed by atoms with Crippen LogP contribution in [0.2, 0.25) is 0 Å². The summed E-state index contributed by atoms with van der Waals surface area (Å²) >= 11 is 4.96. The molecule has 0 atom stereocenters. The summed E-state index contributed by atoms with van der Waals surface area (Å²) in [4.78, 5) is 19.4. The Kier molecular flexibility index (Phi) is 5.04. The van der Waals surface area contributed by atoms with Crippen LogP contribution in [0, 0.1) is 13.8 Å². The number of ether oxygens (including phenoxy) is 2. The number of H-pyrrole nitrogens is 1. The number of anilines is 2. The van der Waals surface area contributed by atoms with Crippen molar-refractivity contribution in [3.63, 3.8) is 0 Å². The Morgan fingerprint density at radius 1 is 1.03 bits per heavy atom. The largest absolute Gasteiger partial charge is 0.488 e. The number of aryl methyl sites for hydroxylation is 2. The number of nitrogens with two attached hydrogens (primary N) is 2. The molecule has 0 radical (unpaired) electrons. The van der Waals surface area contributed by atoms with Gasteiger partial charge in [0.05, 0.1) is 17.1 Å². The van der Waals surface area contributed by atoms with Crippen LogP contribution in [0.5, 0.6) is 11.5 Å². The number of aromatic nitrogens is 1. The number of hydrogen-bond acceptors (Lipinski definition) is 6. The van der Waals surface area contributed by atoms with Crippen molar-refractivity contribution in [1.29, 1.82) is 0 Å². The van der Waals surface area contributed by atoms with Gasteiger partial charge >= 0.3 is 0 Å². The van der Waals surface area contributed by atoms with Gasteiger partial charge in [0.2, 0.25) is 5.11 Å². The molecule has 0 aliphatic carbocycles. The normalized spacial score (nSPS) is 13.5. The zero-order valence-electron chi connectivity index (χ0n) is 16.5. The fourth-order valence-corrected chi connectivity index (χ4v) is 3.49. The quantitative estimate of drug-likeness (QED) is 0.274. The molecule has 1 aliphatic rings. The number of fused-ring (bicyclic) bond motifs is 1. The van der Waals surface area contributed by atoms with Crippen molar-refractivity contribution in [1.82, 2.24) is 10.3 Å². The molecule has 2 aromatic carbocycles. The van der Waals surface area contributed by atoms with Gasteiger partial charge in [0.1, 0.15) is 24.7 Å². The van der Waals surface area contributed by atoms with Crippen LogP contribution < -0.4 is 26.3 Å². The molecule has 4 rings (SSSR count). The van der Waals surface area contributed by atoms with Crippen LogP contribution in [0.25, 0.3) is 10.9 Å². The van der Waals surface area contributed by atoms with Crippen molar-refractivity contribution in [2.75, 3.05) is 24.7 Å². The highest BCUT2D eigenvalue weighted by molar-refractivity contribution is 7.80. The summed E-state index contributed by atoms with van der Waals surface area (Å²) in [6.07, 6.45) is 0. The molecule has 154 valence electrons. The fourth-order valence-electron chi connectivity index (χ4n) is 3.31. The Morgan fingerprint density at radius 2 is 1.73 bits per heavy atom. The molecule has 0 unspecified atom stereocenters. The maximum Gasteiger partial charge on any atom is 0.278 e. The van der Waals surface area contributed by atoms with E-state index in [0.29, 0.717) is 41.8 Å². The molecule has 1 aromatic heterocycles. The number of nitrogens with one attached hydrogen (secondary N) is 2. The van der Waals surface area contributed by atoms with Crippen LogP contribution in [0.4, 0.5) is 11.4 Å². The molecule has 0 bridgehead atoms. The van der Waals surface area contributed by atoms with Crippen LogP contribution in [0.1, 0.15) is 16.8 Å². The van der Waals surface area contributed by atoms with Crippen LogP contribution in [0.3, 0.4) is 0 Å². The van der Waals surface area contributed by atoms with E-state index in [9.17, 15) is 4.79 Å². The standard InChI is InChI=1S/C21H21N5O3S/c1-10-3-4-13(22)16(7-10)28-5-6-29-17-8-12-11(2)18(24-15(12)9-14(17)23)19-20(27)26-21(30)25-19/h3-4,7-9,24H,5-6,22-23H2,1-2H3,(H,26,27,30). The van der Waals surface area contributed by atoms with Crippen LogP contribution >= 0.6 is 12.2 Å². The molecular weight excluding hydrogens is 402 g/mol. The van der Waals surface area contributed by atoms with Crippen molar-refractivity contribution in [3.8, 4) is 11.5 Å². The van der Waals surface area contributed by atoms with E-state index in [1.807, 2.05) is 38.1 Å². The molecule has 1 aliphatic heterocycles. The van der Waals surface area contributed by atoms with Crippen molar-refractivity contribution >= 4 is 51.2 Å². The highest BCUT2D eigenvalue weighted by Gasteiger charge is 2.26. The lowest BCUT2D eigenvalue weighted by atomic mass is 10.1. The van der Waals surface area contributed by atoms with E-state index in [2.05, 4.69) is 15.3 Å². The monoisotopic (exact) mass is 423 g/mol. The zero-order valence-corrected chi connectivity index (χ0v) is 17.4. The maximum atomic E-state index is 12.1. The first-order chi connectivity index (χ1) is 14.3. The first-order valence-electron chi connectivity index (χ1n) is 9.31. The molecule has 9 heteroatoms. The highest BCUT2D eigenvalue weighted by Crippen LogP contribution is 2.32. The Hall–Kier alpha value is -3.59. The molecule has 0 spiro atoms. The van der Waals surface area contributed by atoms with Crippen molar-refractivity contribution in [2.45, 2.75) is 13.8 Å². The van der Waals surface area contributed by atoms with Crippen LogP contribution in [-0.2, 0) is 4.79 Å². The van der Waals surface area contributed by atoms with E-state index in [0.717, 1.165) is 22.0 Å². The lowest BCUT2D eigenvalue weighted by Gasteiger charge is -2.12. The molecule has 1 amide bonds. The third kappa shape index (κ3) is 3.67. The fraction of sp³-hybridized carbons (Fsp3) is 0.190. The Morgan fingerprint density at radius 3 is 2.40 bits per heavy atom. The number of aromatic amines is 1. The van der Waals surface area contributed by atoms with Gasteiger partial charge in [0.25, 0.3) is 5.91 Å². The van der Waals surface area contributed by atoms with Crippen LogP contribution in [-0.4, -0.2) is 34.9 Å². The summed E-state index contributed by atoms with van der Waals surface area (Å²) in [5.41, 5.74) is 16.7. The second-order valence-electron chi connectivity index (χ2n) is 7.02. The van der Waals surface area contributed by atoms with E-state index in [1.165, 1.54) is 0 Å². The summed E-state index contributed by atoms with van der Waals surface area (Å²) in [6.45, 7) is 4.48. The number of thiocarbonyl (C=S) groups is 1. The van der Waals surface area contributed by atoms with E-state index >= 15 is 0 Å². The second-order valence-corrected chi connectivity index (χ2v) is 7.41. The molecule has 6 N–H and O–H groups in total. The van der Waals surface area contributed by atoms with Gasteiger partial charge in [-0.3, -0.25) is 10.1 Å². The van der Waals surface area contributed by atoms with Gasteiger partial charge in [-0.1, -0.05) is 6.07 Å². The Balaban J connectivity index is 1.51. The third-order valence-corrected chi connectivity index (χ3v) is 5.04. The van der Waals surface area contributed by atoms with Gasteiger partial charge in [-0.2, -0.15) is 0 Å². The van der Waals surface area contributed by atoms with Gasteiger partial charge in [0, 0.05) is 10.9 Å². The van der Waals surface area contributed by atoms with Gasteiger partial charge in [0.15, 0.2) is 5.71 Å². The second kappa shape index (κ2) is 7.68. The number of hydrogen-bond donors (Lipinski definition) is 4. The molecule has 8 nitrogen and oxygen atoms in total. The van der Waals surface area contributed by atoms with Crippen molar-refractivity contribution < 1.29 is 14.3 Å². The number of aliphatic imine (C=N–C) groups is 1. The average Bonchev–Trinajstić information content (AvgIpc) is 3.19. The summed E-state index contributed by atoms with van der Waals surface area (Å²) in [7, 11) is 0. The number of carbonyl (C=O) groups excluding carboxylic acids is 1. The SMILES string of the molecule is Cc1ccc(N)c(OCCOc2cc3c(C)c(C4=NC(=S)NC4=O)[nH]c3cc2N)c1. The predicted octanol–water partition coefficient (Wildman–Crippen LogP) is 2.61. The smallest absolute Gasteiger partial charge is 0.278 e. The van der Waals surface area contributed by atoms with E-state index in [-0.39, 0.29) is 16.7 Å². The molecule has 0 saturated carbocycles. The minimum atomic E-state index is -0.327. The number of benzene rings is 2. The lowest BCUT2D eigenvalue weighted by molar-refractivity contribution is -0.113. The third-order valence-electron chi connectivity index (χ3n) is 4.84. The summed E-state index contributed by atoms with van der Waals surface area (Å²) in [6, 6.07) is 9.23. The minimum Gasteiger partial charge on any atom is -0.488 e. The summed E-state index contributed by atoms with van der Waals surface area (Å²) in [5.74, 6) is 0.832. The van der Waals surface area contributed by atoms with E-state index in [1.54, 1.807) is 6.07 Å². The highest BCUT2D eigenvalue weighted by atomic mass is 32.1. The molecule has 2 heterocycles. The first kappa shape index (κ1) is 19.7. The van der Waals surface area contributed by atoms with Gasteiger partial charge in [-0.05, 0) is 61.5 Å². The zero-order chi connectivity index (χ0) is 21.4. The maximum absolute atomic E-state index is 12.1. The molecule has 0 saturated heterocycles. The number of rotatable bonds is 6. The summed E-state index contributed by atoms with van der Waals surface area (Å²) in [5, 5.41) is 3.55. The molecule has 30 heavy (non-hydrogen) atoms. The minimum absolute atomic E-state index is 0.158. The summed E-state index contributed by atoms with van der Waals surface area (Å²) < 4.78 is 11.5. The molecule has 0 fully saturated rings.